The van der Waals surface area contributed by atoms with Crippen LogP contribution in [0, 0.1) is 13.8 Å². The molecule has 4 rings (SSSR count). The lowest BCUT2D eigenvalue weighted by molar-refractivity contribution is -0.120. The summed E-state index contributed by atoms with van der Waals surface area (Å²) in [6, 6.07) is 8.17. The van der Waals surface area contributed by atoms with Crippen LogP contribution in [0.5, 0.6) is 0 Å². The van der Waals surface area contributed by atoms with E-state index in [9.17, 15) is 13.2 Å². The molecule has 3 heterocycles. The summed E-state index contributed by atoms with van der Waals surface area (Å²) in [5, 5.41) is 10.5. The van der Waals surface area contributed by atoms with Gasteiger partial charge in [-0.2, -0.15) is 4.31 Å². The lowest BCUT2D eigenvalue weighted by atomic mass is 10.0. The van der Waals surface area contributed by atoms with Crippen LogP contribution in [0.1, 0.15) is 41.8 Å². The standard InChI is InChI=1S/C21H23ClN4O4S2/c1-13-6-7-15(11-14(13)2)12-18-24-25-21(30-18)23-20(27)16-5-3-4-10-26(16)32(28,29)19-9-8-17(22)31-19/h6-9,11,16H,3-5,10,12H2,1-2H3,(H,23,25,27). The Kier molecular flexibility index (Phi) is 6.66. The number of nitrogens with one attached hydrogen (secondary N) is 1. The maximum Gasteiger partial charge on any atom is 0.322 e. The fourth-order valence-electron chi connectivity index (χ4n) is 3.66. The number of aryl methyl sites for hydroxylation is 2. The van der Waals surface area contributed by atoms with Gasteiger partial charge in [-0.1, -0.05) is 41.3 Å². The Hall–Kier alpha value is -2.27. The first-order valence-electron chi connectivity index (χ1n) is 10.2. The van der Waals surface area contributed by atoms with Crippen molar-refractivity contribution in [1.82, 2.24) is 14.5 Å². The Labute approximate surface area is 195 Å². The minimum atomic E-state index is -3.83. The van der Waals surface area contributed by atoms with Gasteiger partial charge in [0.25, 0.3) is 10.0 Å². The van der Waals surface area contributed by atoms with Gasteiger partial charge in [-0.05, 0) is 55.5 Å². The topological polar surface area (TPSA) is 105 Å². The second kappa shape index (κ2) is 9.30. The van der Waals surface area contributed by atoms with Crippen LogP contribution in [0.15, 0.2) is 39.0 Å². The predicted octanol–water partition coefficient (Wildman–Crippen LogP) is 4.17. The fraction of sp³-hybridized carbons (Fsp3) is 0.381. The Morgan fingerprint density at radius 3 is 2.75 bits per heavy atom. The van der Waals surface area contributed by atoms with Crippen molar-refractivity contribution in [2.24, 2.45) is 0 Å². The molecule has 0 saturated carbocycles. The number of anilines is 1. The molecular weight excluding hydrogens is 472 g/mol. The number of amides is 1. The summed E-state index contributed by atoms with van der Waals surface area (Å²) in [5.41, 5.74) is 3.39. The number of carbonyl (C=O) groups excluding carboxylic acids is 1. The molecule has 1 saturated heterocycles. The average molecular weight is 495 g/mol. The number of hydrogen-bond donors (Lipinski definition) is 1. The van der Waals surface area contributed by atoms with E-state index in [4.69, 9.17) is 16.0 Å². The molecule has 1 fully saturated rings. The summed E-state index contributed by atoms with van der Waals surface area (Å²) in [7, 11) is -3.83. The van der Waals surface area contributed by atoms with Crippen molar-refractivity contribution >= 4 is 44.9 Å². The molecule has 0 bridgehead atoms. The Morgan fingerprint density at radius 1 is 1.22 bits per heavy atom. The van der Waals surface area contributed by atoms with Crippen LogP contribution in [0.2, 0.25) is 4.34 Å². The molecule has 1 atom stereocenters. The Morgan fingerprint density at radius 2 is 2.03 bits per heavy atom. The average Bonchev–Trinajstić information content (AvgIpc) is 3.40. The van der Waals surface area contributed by atoms with Gasteiger partial charge in [0.2, 0.25) is 11.8 Å². The van der Waals surface area contributed by atoms with Gasteiger partial charge in [0, 0.05) is 6.54 Å². The number of halogens is 1. The van der Waals surface area contributed by atoms with Gasteiger partial charge in [-0.15, -0.1) is 16.4 Å². The summed E-state index contributed by atoms with van der Waals surface area (Å²) in [4.78, 5) is 12.9. The number of thiophene rings is 1. The van der Waals surface area contributed by atoms with Crippen molar-refractivity contribution in [1.29, 1.82) is 0 Å². The van der Waals surface area contributed by atoms with Gasteiger partial charge in [-0.25, -0.2) is 8.42 Å². The van der Waals surface area contributed by atoms with E-state index in [0.717, 1.165) is 23.3 Å². The van der Waals surface area contributed by atoms with E-state index in [1.54, 1.807) is 0 Å². The molecule has 32 heavy (non-hydrogen) atoms. The van der Waals surface area contributed by atoms with Crippen molar-refractivity contribution in [3.8, 4) is 0 Å². The van der Waals surface area contributed by atoms with Crippen molar-refractivity contribution in [2.75, 3.05) is 11.9 Å². The molecule has 0 spiro atoms. The molecule has 0 radical (unpaired) electrons. The quantitative estimate of drug-likeness (QED) is 0.551. The van der Waals surface area contributed by atoms with E-state index in [0.29, 0.717) is 29.5 Å². The molecule has 1 N–H and O–H groups in total. The number of carbonyl (C=O) groups is 1. The van der Waals surface area contributed by atoms with Crippen LogP contribution in [-0.4, -0.2) is 41.4 Å². The molecule has 8 nitrogen and oxygen atoms in total. The van der Waals surface area contributed by atoms with Crippen LogP contribution in [-0.2, 0) is 21.2 Å². The van der Waals surface area contributed by atoms with Crippen LogP contribution < -0.4 is 5.32 Å². The molecule has 1 aliphatic heterocycles. The first-order valence-corrected chi connectivity index (χ1v) is 12.8. The summed E-state index contributed by atoms with van der Waals surface area (Å²) in [5.74, 6) is -0.123. The summed E-state index contributed by atoms with van der Waals surface area (Å²) in [6.45, 7) is 4.34. The van der Waals surface area contributed by atoms with Gasteiger partial charge in [0.15, 0.2) is 0 Å². The molecule has 1 amide bonds. The second-order valence-corrected chi connectivity index (χ2v) is 11.6. The minimum absolute atomic E-state index is 0.0454. The number of piperidine rings is 1. The minimum Gasteiger partial charge on any atom is -0.407 e. The van der Waals surface area contributed by atoms with Crippen molar-refractivity contribution < 1.29 is 17.6 Å². The van der Waals surface area contributed by atoms with Crippen molar-refractivity contribution in [2.45, 2.75) is 49.8 Å². The van der Waals surface area contributed by atoms with Gasteiger partial charge >= 0.3 is 6.01 Å². The van der Waals surface area contributed by atoms with Crippen molar-refractivity contribution in [3.05, 3.63) is 57.2 Å². The number of aromatic nitrogens is 2. The summed E-state index contributed by atoms with van der Waals surface area (Å²) in [6.07, 6.45) is 2.28. The van der Waals surface area contributed by atoms with Crippen LogP contribution in [0.25, 0.3) is 0 Å². The highest BCUT2D eigenvalue weighted by Crippen LogP contribution is 2.32. The molecule has 1 aliphatic rings. The first-order chi connectivity index (χ1) is 15.2. The van der Waals surface area contributed by atoms with Gasteiger partial charge < -0.3 is 4.42 Å². The molecule has 0 aliphatic carbocycles. The normalized spacial score (nSPS) is 17.4. The van der Waals surface area contributed by atoms with E-state index in [1.807, 2.05) is 26.0 Å². The van der Waals surface area contributed by atoms with Gasteiger partial charge in [-0.3, -0.25) is 10.1 Å². The largest absolute Gasteiger partial charge is 0.407 e. The molecule has 3 aromatic rings. The molecule has 170 valence electrons. The lowest BCUT2D eigenvalue weighted by Crippen LogP contribution is -2.49. The molecule has 11 heteroatoms. The zero-order chi connectivity index (χ0) is 22.9. The third-order valence-electron chi connectivity index (χ3n) is 5.49. The second-order valence-electron chi connectivity index (χ2n) is 7.77. The highest BCUT2D eigenvalue weighted by molar-refractivity contribution is 7.91. The van der Waals surface area contributed by atoms with Gasteiger partial charge in [0.05, 0.1) is 10.8 Å². The van der Waals surface area contributed by atoms with Crippen LogP contribution >= 0.6 is 22.9 Å². The van der Waals surface area contributed by atoms with E-state index in [-0.39, 0.29) is 16.8 Å². The number of rotatable bonds is 6. The van der Waals surface area contributed by atoms with E-state index < -0.39 is 22.0 Å². The maximum atomic E-state index is 13.1. The molecular formula is C21H23ClN4O4S2. The monoisotopic (exact) mass is 494 g/mol. The van der Waals surface area contributed by atoms with Crippen LogP contribution in [0.4, 0.5) is 6.01 Å². The summed E-state index contributed by atoms with van der Waals surface area (Å²) >= 11 is 6.89. The highest BCUT2D eigenvalue weighted by Gasteiger charge is 2.38. The van der Waals surface area contributed by atoms with Gasteiger partial charge in [0.1, 0.15) is 10.3 Å². The third kappa shape index (κ3) is 4.88. The smallest absolute Gasteiger partial charge is 0.322 e. The summed E-state index contributed by atoms with van der Waals surface area (Å²) < 4.78 is 33.5. The van der Waals surface area contributed by atoms with Crippen molar-refractivity contribution in [3.63, 3.8) is 0 Å². The predicted molar refractivity (Wildman–Crippen MR) is 123 cm³/mol. The van der Waals surface area contributed by atoms with E-state index in [2.05, 4.69) is 21.6 Å². The molecule has 1 unspecified atom stereocenters. The number of hydrogen-bond acceptors (Lipinski definition) is 7. The Bertz CT molecular complexity index is 1240. The zero-order valence-electron chi connectivity index (χ0n) is 17.7. The fourth-order valence-corrected chi connectivity index (χ4v) is 6.93. The lowest BCUT2D eigenvalue weighted by Gasteiger charge is -2.32. The van der Waals surface area contributed by atoms with E-state index >= 15 is 0 Å². The van der Waals surface area contributed by atoms with Crippen LogP contribution in [0.3, 0.4) is 0 Å². The van der Waals surface area contributed by atoms with E-state index in [1.165, 1.54) is 27.6 Å². The number of nitrogens with zero attached hydrogens (tertiary/aromatic N) is 3. The third-order valence-corrected chi connectivity index (χ3v) is 9.10. The molecule has 2 aromatic heterocycles. The molecule has 1 aromatic carbocycles. The number of benzene rings is 1. The zero-order valence-corrected chi connectivity index (χ0v) is 20.1. The number of sulfonamides is 1. The maximum absolute atomic E-state index is 13.1. The Balaban J connectivity index is 1.47. The SMILES string of the molecule is Cc1ccc(Cc2nnc(NC(=O)C3CCCCN3S(=O)(=O)c3ccc(Cl)s3)o2)cc1C. The first kappa shape index (κ1) is 22.9. The highest BCUT2D eigenvalue weighted by atomic mass is 35.5.